The van der Waals surface area contributed by atoms with Crippen LogP contribution < -0.4 is 5.32 Å². The Hall–Kier alpha value is -1.98. The third-order valence-corrected chi connectivity index (χ3v) is 3.83. The van der Waals surface area contributed by atoms with Crippen LogP contribution in [-0.4, -0.2) is 17.0 Å². The van der Waals surface area contributed by atoms with Crippen molar-refractivity contribution in [2.75, 3.05) is 5.32 Å². The molecule has 0 radical (unpaired) electrons. The van der Waals surface area contributed by atoms with E-state index in [9.17, 15) is 23.5 Å². The average molecular weight is 299 g/mol. The van der Waals surface area contributed by atoms with Crippen molar-refractivity contribution in [3.8, 4) is 0 Å². The second-order valence-corrected chi connectivity index (χ2v) is 5.10. The van der Waals surface area contributed by atoms with Gasteiger partial charge in [0, 0.05) is 12.5 Å². The van der Waals surface area contributed by atoms with Crippen molar-refractivity contribution < 1.29 is 23.5 Å². The van der Waals surface area contributed by atoms with E-state index in [0.717, 1.165) is 12.1 Å². The summed E-state index contributed by atoms with van der Waals surface area (Å²) in [6.07, 6.45) is 0.262. The van der Waals surface area contributed by atoms with E-state index in [-0.39, 0.29) is 30.5 Å². The van der Waals surface area contributed by atoms with Crippen molar-refractivity contribution >= 4 is 17.6 Å². The summed E-state index contributed by atoms with van der Waals surface area (Å²) in [7, 11) is 0. The van der Waals surface area contributed by atoms with Crippen LogP contribution in [0.3, 0.4) is 0 Å². The molecule has 1 aromatic carbocycles. The van der Waals surface area contributed by atoms with Gasteiger partial charge in [0.05, 0.1) is 11.1 Å². The molecule has 116 valence electrons. The SMILES string of the molecule is CCC(CC)(CC(=O)Nc1cc(F)c(C)cc1F)C(=O)O. The first-order chi connectivity index (χ1) is 9.75. The number of anilines is 1. The summed E-state index contributed by atoms with van der Waals surface area (Å²) in [5.41, 5.74) is -1.34. The van der Waals surface area contributed by atoms with Crippen molar-refractivity contribution in [2.45, 2.75) is 40.0 Å². The maximum Gasteiger partial charge on any atom is 0.310 e. The van der Waals surface area contributed by atoms with Gasteiger partial charge in [-0.25, -0.2) is 8.78 Å². The number of amides is 1. The number of carbonyl (C=O) groups is 2. The summed E-state index contributed by atoms with van der Waals surface area (Å²) in [5, 5.41) is 11.5. The summed E-state index contributed by atoms with van der Waals surface area (Å²) in [6, 6.07) is 1.87. The quantitative estimate of drug-likeness (QED) is 0.845. The number of carboxylic acids is 1. The smallest absolute Gasteiger partial charge is 0.310 e. The minimum Gasteiger partial charge on any atom is -0.481 e. The zero-order valence-corrected chi connectivity index (χ0v) is 12.3. The summed E-state index contributed by atoms with van der Waals surface area (Å²) >= 11 is 0. The van der Waals surface area contributed by atoms with E-state index in [1.54, 1.807) is 13.8 Å². The molecule has 0 saturated heterocycles. The molecule has 0 fully saturated rings. The van der Waals surface area contributed by atoms with Crippen molar-refractivity contribution in [3.05, 3.63) is 29.3 Å². The fourth-order valence-electron chi connectivity index (χ4n) is 2.12. The first kappa shape index (κ1) is 17.1. The van der Waals surface area contributed by atoms with Crippen molar-refractivity contribution in [2.24, 2.45) is 5.41 Å². The molecule has 0 aromatic heterocycles. The number of rotatable bonds is 6. The molecule has 0 atom stereocenters. The highest BCUT2D eigenvalue weighted by Crippen LogP contribution is 2.31. The summed E-state index contributed by atoms with van der Waals surface area (Å²) < 4.78 is 27.0. The molecule has 0 unspecified atom stereocenters. The monoisotopic (exact) mass is 299 g/mol. The minimum atomic E-state index is -1.19. The molecule has 6 heteroatoms. The lowest BCUT2D eigenvalue weighted by Crippen LogP contribution is -2.34. The molecule has 0 spiro atoms. The fourth-order valence-corrected chi connectivity index (χ4v) is 2.12. The Bertz CT molecular complexity index is 554. The van der Waals surface area contributed by atoms with Gasteiger partial charge in [-0.05, 0) is 31.4 Å². The van der Waals surface area contributed by atoms with E-state index < -0.39 is 28.9 Å². The second kappa shape index (κ2) is 6.65. The Morgan fingerprint density at radius 2 is 1.76 bits per heavy atom. The fraction of sp³-hybridized carbons (Fsp3) is 0.467. The summed E-state index contributed by atoms with van der Waals surface area (Å²) in [4.78, 5) is 23.3. The molecule has 0 aliphatic heterocycles. The van der Waals surface area contributed by atoms with Crippen LogP contribution in [-0.2, 0) is 9.59 Å². The highest BCUT2D eigenvalue weighted by atomic mass is 19.1. The highest BCUT2D eigenvalue weighted by molar-refractivity contribution is 5.94. The predicted octanol–water partition coefficient (Wildman–Crippen LogP) is 3.49. The summed E-state index contributed by atoms with van der Waals surface area (Å²) in [5.74, 6) is -3.11. The number of nitrogens with one attached hydrogen (secondary N) is 1. The molecule has 0 bridgehead atoms. The standard InChI is InChI=1S/C15H19F2NO3/c1-4-15(5-2,14(20)21)8-13(19)18-12-7-10(16)9(3)6-11(12)17/h6-7H,4-5,8H2,1-3H3,(H,18,19)(H,20,21). The maximum absolute atomic E-state index is 13.6. The van der Waals surface area contributed by atoms with Gasteiger partial charge in [-0.3, -0.25) is 9.59 Å². The zero-order valence-electron chi connectivity index (χ0n) is 12.3. The van der Waals surface area contributed by atoms with Crippen LogP contribution in [0.1, 0.15) is 38.7 Å². The van der Waals surface area contributed by atoms with E-state index in [1.807, 2.05) is 0 Å². The van der Waals surface area contributed by atoms with Gasteiger partial charge in [0.25, 0.3) is 0 Å². The third kappa shape index (κ3) is 3.77. The Labute approximate surface area is 122 Å². The van der Waals surface area contributed by atoms with Crippen molar-refractivity contribution in [1.29, 1.82) is 0 Å². The van der Waals surface area contributed by atoms with Gasteiger partial charge in [-0.1, -0.05) is 13.8 Å². The minimum absolute atomic E-state index is 0.132. The number of halogens is 2. The number of aryl methyl sites for hydroxylation is 1. The Balaban J connectivity index is 2.92. The molecular weight excluding hydrogens is 280 g/mol. The third-order valence-electron chi connectivity index (χ3n) is 3.83. The van der Waals surface area contributed by atoms with E-state index >= 15 is 0 Å². The van der Waals surface area contributed by atoms with Crippen LogP contribution >= 0.6 is 0 Å². The first-order valence-electron chi connectivity index (χ1n) is 6.74. The zero-order chi connectivity index (χ0) is 16.2. The van der Waals surface area contributed by atoms with Gasteiger partial charge in [0.1, 0.15) is 11.6 Å². The lowest BCUT2D eigenvalue weighted by atomic mass is 9.79. The van der Waals surface area contributed by atoms with E-state index in [4.69, 9.17) is 0 Å². The first-order valence-corrected chi connectivity index (χ1v) is 6.74. The Morgan fingerprint density at radius 3 is 2.24 bits per heavy atom. The van der Waals surface area contributed by atoms with E-state index in [2.05, 4.69) is 5.32 Å². The van der Waals surface area contributed by atoms with Crippen molar-refractivity contribution in [1.82, 2.24) is 0 Å². The summed E-state index contributed by atoms with van der Waals surface area (Å²) in [6.45, 7) is 4.77. The largest absolute Gasteiger partial charge is 0.481 e. The maximum atomic E-state index is 13.6. The van der Waals surface area contributed by atoms with Crippen LogP contribution in [0.5, 0.6) is 0 Å². The number of hydrogen-bond acceptors (Lipinski definition) is 2. The molecule has 21 heavy (non-hydrogen) atoms. The second-order valence-electron chi connectivity index (χ2n) is 5.10. The number of carbonyl (C=O) groups excluding carboxylic acids is 1. The predicted molar refractivity (Wildman–Crippen MR) is 75.0 cm³/mol. The highest BCUT2D eigenvalue weighted by Gasteiger charge is 2.37. The van der Waals surface area contributed by atoms with Gasteiger partial charge < -0.3 is 10.4 Å². The topological polar surface area (TPSA) is 66.4 Å². The molecule has 0 saturated carbocycles. The van der Waals surface area contributed by atoms with Gasteiger partial charge in [0.2, 0.25) is 5.91 Å². The molecule has 1 aromatic rings. The average Bonchev–Trinajstić information content (AvgIpc) is 2.42. The van der Waals surface area contributed by atoms with Crippen LogP contribution in [0.2, 0.25) is 0 Å². The van der Waals surface area contributed by atoms with Gasteiger partial charge in [-0.2, -0.15) is 0 Å². The Kier molecular flexibility index (Phi) is 5.41. The molecule has 0 aliphatic carbocycles. The number of aliphatic carboxylic acids is 1. The molecular formula is C15H19F2NO3. The number of benzene rings is 1. The molecule has 0 heterocycles. The lowest BCUT2D eigenvalue weighted by molar-refractivity contribution is -0.151. The normalized spacial score (nSPS) is 11.3. The molecule has 4 nitrogen and oxygen atoms in total. The molecule has 2 N–H and O–H groups in total. The lowest BCUT2D eigenvalue weighted by Gasteiger charge is -2.25. The molecule has 1 amide bonds. The molecule has 1 rings (SSSR count). The van der Waals surface area contributed by atoms with E-state index in [0.29, 0.717) is 0 Å². The van der Waals surface area contributed by atoms with Gasteiger partial charge in [0.15, 0.2) is 0 Å². The van der Waals surface area contributed by atoms with Gasteiger partial charge >= 0.3 is 5.97 Å². The van der Waals surface area contributed by atoms with Crippen molar-refractivity contribution in [3.63, 3.8) is 0 Å². The molecule has 0 aliphatic rings. The van der Waals surface area contributed by atoms with Crippen LogP contribution in [0.4, 0.5) is 14.5 Å². The van der Waals surface area contributed by atoms with E-state index in [1.165, 1.54) is 6.92 Å². The van der Waals surface area contributed by atoms with Crippen LogP contribution in [0.25, 0.3) is 0 Å². The number of carboxylic acid groups (broad SMARTS) is 1. The number of hydrogen-bond donors (Lipinski definition) is 2. The van der Waals surface area contributed by atoms with Crippen LogP contribution in [0.15, 0.2) is 12.1 Å². The van der Waals surface area contributed by atoms with Gasteiger partial charge in [-0.15, -0.1) is 0 Å². The van der Waals surface area contributed by atoms with Crippen LogP contribution in [0, 0.1) is 24.0 Å². The Morgan fingerprint density at radius 1 is 1.19 bits per heavy atom.